The molecule has 0 amide bonds. The van der Waals surface area contributed by atoms with Crippen LogP contribution in [0.2, 0.25) is 0 Å². The fourth-order valence-corrected chi connectivity index (χ4v) is 6.08. The van der Waals surface area contributed by atoms with Crippen LogP contribution in [0.4, 0.5) is 22.9 Å². The third kappa shape index (κ3) is 4.68. The molecule has 4 aromatic carbocycles. The molecule has 9 heteroatoms. The van der Waals surface area contributed by atoms with E-state index in [1.165, 1.54) is 11.1 Å². The molecule has 226 valence electrons. The molecule has 0 aliphatic carbocycles. The molecule has 3 heterocycles. The first-order valence-corrected chi connectivity index (χ1v) is 14.8. The maximum atomic E-state index is 5.82. The zero-order valence-corrected chi connectivity index (χ0v) is 26.1. The van der Waals surface area contributed by atoms with Crippen molar-refractivity contribution in [3.05, 3.63) is 113 Å². The van der Waals surface area contributed by atoms with E-state index in [2.05, 4.69) is 48.3 Å². The number of aliphatic imine (C=N–C) groups is 2. The molecule has 2 aliphatic heterocycles. The fourth-order valence-electron chi connectivity index (χ4n) is 6.08. The Hall–Kier alpha value is -5.57. The molecule has 0 spiro atoms. The molecule has 0 saturated carbocycles. The number of nitrogens with zero attached hydrogens (tertiary/aromatic N) is 5. The predicted molar refractivity (Wildman–Crippen MR) is 179 cm³/mol. The first-order valence-electron chi connectivity index (χ1n) is 14.8. The zero-order valence-electron chi connectivity index (χ0n) is 26.1. The van der Waals surface area contributed by atoms with Gasteiger partial charge in [-0.2, -0.15) is 5.10 Å². The summed E-state index contributed by atoms with van der Waals surface area (Å²) >= 11 is 0. The second-order valence-electron chi connectivity index (χ2n) is 11.1. The van der Waals surface area contributed by atoms with Crippen molar-refractivity contribution in [3.8, 4) is 22.9 Å². The molecular formula is C36H34N6O3. The molecule has 9 nitrogen and oxygen atoms in total. The second-order valence-corrected chi connectivity index (χ2v) is 11.1. The van der Waals surface area contributed by atoms with Crippen molar-refractivity contribution in [1.82, 2.24) is 9.78 Å². The van der Waals surface area contributed by atoms with Crippen LogP contribution in [-0.2, 0) is 0 Å². The molecule has 0 saturated heterocycles. The van der Waals surface area contributed by atoms with Gasteiger partial charge in [0.2, 0.25) is 5.75 Å². The Morgan fingerprint density at radius 1 is 0.733 bits per heavy atom. The van der Waals surface area contributed by atoms with Crippen molar-refractivity contribution in [2.45, 2.75) is 26.8 Å². The number of nitrogens with one attached hydrogen (secondary N) is 1. The Kier molecular flexibility index (Phi) is 7.00. The van der Waals surface area contributed by atoms with Gasteiger partial charge in [-0.1, -0.05) is 36.4 Å². The highest BCUT2D eigenvalue weighted by atomic mass is 16.5. The van der Waals surface area contributed by atoms with Crippen molar-refractivity contribution in [2.24, 2.45) is 9.98 Å². The van der Waals surface area contributed by atoms with Crippen molar-refractivity contribution >= 4 is 34.6 Å². The van der Waals surface area contributed by atoms with Gasteiger partial charge in [-0.3, -0.25) is 0 Å². The van der Waals surface area contributed by atoms with E-state index in [1.54, 1.807) is 21.3 Å². The summed E-state index contributed by atoms with van der Waals surface area (Å²) in [4.78, 5) is 12.7. The number of hydrogen-bond donors (Lipinski definition) is 1. The van der Waals surface area contributed by atoms with Crippen LogP contribution in [0, 0.1) is 20.8 Å². The summed E-state index contributed by atoms with van der Waals surface area (Å²) in [5.41, 5.74) is 8.78. The number of benzene rings is 4. The molecule has 45 heavy (non-hydrogen) atoms. The number of amidine groups is 2. The Morgan fingerprint density at radius 3 is 2.13 bits per heavy atom. The van der Waals surface area contributed by atoms with Crippen LogP contribution in [0.15, 0.2) is 94.9 Å². The van der Waals surface area contributed by atoms with Gasteiger partial charge in [0.15, 0.2) is 29.0 Å². The highest BCUT2D eigenvalue weighted by Gasteiger charge is 2.42. The summed E-state index contributed by atoms with van der Waals surface area (Å²) in [6.45, 7) is 6.25. The smallest absolute Gasteiger partial charge is 0.203 e. The number of anilines is 2. The minimum Gasteiger partial charge on any atom is -0.493 e. The van der Waals surface area contributed by atoms with E-state index in [-0.39, 0.29) is 6.04 Å². The lowest BCUT2D eigenvalue weighted by molar-refractivity contribution is 0.323. The number of ether oxygens (including phenoxy) is 3. The summed E-state index contributed by atoms with van der Waals surface area (Å²) in [5, 5.41) is 8.64. The third-order valence-electron chi connectivity index (χ3n) is 8.41. The van der Waals surface area contributed by atoms with Crippen LogP contribution >= 0.6 is 0 Å². The summed E-state index contributed by atoms with van der Waals surface area (Å²) in [6.07, 6.45) is 0. The molecule has 1 aromatic heterocycles. The molecule has 1 atom stereocenters. The minimum atomic E-state index is -0.355. The van der Waals surface area contributed by atoms with E-state index in [0.717, 1.165) is 45.4 Å². The lowest BCUT2D eigenvalue weighted by atomic mass is 9.92. The maximum absolute atomic E-state index is 5.82. The number of hydrogen-bond acceptors (Lipinski definition) is 8. The summed E-state index contributed by atoms with van der Waals surface area (Å²) < 4.78 is 19.2. The lowest BCUT2D eigenvalue weighted by Gasteiger charge is -2.40. The number of para-hydroxylation sites is 3. The van der Waals surface area contributed by atoms with E-state index in [4.69, 9.17) is 29.3 Å². The van der Waals surface area contributed by atoms with Crippen LogP contribution < -0.4 is 24.4 Å². The van der Waals surface area contributed by atoms with Crippen molar-refractivity contribution in [1.29, 1.82) is 0 Å². The molecule has 7 rings (SSSR count). The maximum Gasteiger partial charge on any atom is 0.203 e. The van der Waals surface area contributed by atoms with Crippen molar-refractivity contribution in [3.63, 3.8) is 0 Å². The quantitative estimate of drug-likeness (QED) is 0.216. The van der Waals surface area contributed by atoms with Crippen LogP contribution in [-0.4, -0.2) is 42.8 Å². The Labute approximate surface area is 262 Å². The van der Waals surface area contributed by atoms with E-state index < -0.39 is 0 Å². The number of aromatic nitrogens is 2. The topological polar surface area (TPSA) is 85.5 Å². The average Bonchev–Trinajstić information content (AvgIpc) is 3.40. The Balaban J connectivity index is 1.51. The number of fused-ring (bicyclic) bond motifs is 4. The Bertz CT molecular complexity index is 1970. The average molecular weight is 599 g/mol. The molecule has 0 fully saturated rings. The van der Waals surface area contributed by atoms with E-state index in [9.17, 15) is 0 Å². The van der Waals surface area contributed by atoms with Crippen molar-refractivity contribution in [2.75, 3.05) is 31.5 Å². The SMILES string of the molecule is COc1cc([C@H]2c3c(C)nn(-c4ccccc4)c3N=C3C(Nc4ccc(C)c(C)c4)=Nc4ccccc4N32)cc(OC)c1OC. The summed E-state index contributed by atoms with van der Waals surface area (Å²) in [5.74, 6) is 3.71. The largest absolute Gasteiger partial charge is 0.493 e. The van der Waals surface area contributed by atoms with Crippen LogP contribution in [0.5, 0.6) is 17.2 Å². The number of rotatable bonds is 6. The number of aryl methyl sites for hydroxylation is 3. The monoisotopic (exact) mass is 598 g/mol. The first kappa shape index (κ1) is 28.2. The van der Waals surface area contributed by atoms with E-state index in [0.29, 0.717) is 28.9 Å². The molecule has 5 aromatic rings. The molecular weight excluding hydrogens is 564 g/mol. The first-order chi connectivity index (χ1) is 21.9. The zero-order chi connectivity index (χ0) is 31.2. The minimum absolute atomic E-state index is 0.355. The van der Waals surface area contributed by atoms with Gasteiger partial charge in [-0.05, 0) is 86.0 Å². The molecule has 0 unspecified atom stereocenters. The van der Waals surface area contributed by atoms with Gasteiger partial charge < -0.3 is 24.4 Å². The van der Waals surface area contributed by atoms with Gasteiger partial charge in [0, 0.05) is 11.3 Å². The summed E-state index contributed by atoms with van der Waals surface area (Å²) in [7, 11) is 4.88. The standard InChI is InChI=1S/C36H34N6O3/c1-21-16-17-25(18-22(21)2)37-34-36-39-35-31(23(3)40-42(35)26-12-8-7-9-13-26)32(41(36)28-15-11-10-14-27(28)38-34)24-19-29(43-4)33(45-6)30(20-24)44-5/h7-20,32H,1-6H3,(H,37,38)/t32-/m0/s1. The molecule has 2 aliphatic rings. The highest BCUT2D eigenvalue weighted by molar-refractivity contribution is 6.51. The van der Waals surface area contributed by atoms with Crippen molar-refractivity contribution < 1.29 is 14.2 Å². The van der Waals surface area contributed by atoms with Gasteiger partial charge in [0.25, 0.3) is 0 Å². The lowest BCUT2D eigenvalue weighted by Crippen LogP contribution is -2.46. The van der Waals surface area contributed by atoms with Crippen LogP contribution in [0.3, 0.4) is 0 Å². The Morgan fingerprint density at radius 2 is 1.44 bits per heavy atom. The van der Waals surface area contributed by atoms with Crippen LogP contribution in [0.25, 0.3) is 5.69 Å². The summed E-state index contributed by atoms with van der Waals surface area (Å²) in [6, 6.07) is 28.2. The van der Waals surface area contributed by atoms with Crippen LogP contribution in [0.1, 0.15) is 34.0 Å². The van der Waals surface area contributed by atoms with Gasteiger partial charge in [-0.15, -0.1) is 0 Å². The normalized spacial score (nSPS) is 14.9. The number of methoxy groups -OCH3 is 3. The predicted octanol–water partition coefficient (Wildman–Crippen LogP) is 7.62. The van der Waals surface area contributed by atoms with E-state index in [1.807, 2.05) is 72.3 Å². The molecule has 0 bridgehead atoms. The molecule has 1 N–H and O–H groups in total. The fraction of sp³-hybridized carbons (Fsp3) is 0.194. The van der Waals surface area contributed by atoms with Gasteiger partial charge in [-0.25, -0.2) is 14.7 Å². The highest BCUT2D eigenvalue weighted by Crippen LogP contribution is 2.50. The second kappa shape index (κ2) is 11.2. The van der Waals surface area contributed by atoms with Gasteiger partial charge in [0.1, 0.15) is 0 Å². The van der Waals surface area contributed by atoms with Gasteiger partial charge in [0.05, 0.1) is 50.1 Å². The third-order valence-corrected chi connectivity index (χ3v) is 8.41. The molecule has 0 radical (unpaired) electrons. The van der Waals surface area contributed by atoms with Gasteiger partial charge >= 0.3 is 0 Å². The van der Waals surface area contributed by atoms with E-state index >= 15 is 0 Å².